The van der Waals surface area contributed by atoms with Crippen LogP contribution in [0, 0.1) is 5.82 Å². The number of aryl methyl sites for hydroxylation is 1. The van der Waals surface area contributed by atoms with Crippen LogP contribution >= 0.6 is 0 Å². The van der Waals surface area contributed by atoms with E-state index in [0.29, 0.717) is 12.2 Å². The number of imidazole rings is 1. The van der Waals surface area contributed by atoms with E-state index in [-0.39, 0.29) is 22.9 Å². The lowest BCUT2D eigenvalue weighted by atomic mass is 10.0. The largest absolute Gasteiger partial charge is 0.339 e. The van der Waals surface area contributed by atoms with Gasteiger partial charge in [0.25, 0.3) is 10.0 Å². The van der Waals surface area contributed by atoms with Crippen molar-refractivity contribution in [2.45, 2.75) is 36.4 Å². The van der Waals surface area contributed by atoms with Gasteiger partial charge in [-0.3, -0.25) is 0 Å². The maximum atomic E-state index is 13.2. The molecule has 0 N–H and O–H groups in total. The van der Waals surface area contributed by atoms with E-state index in [4.69, 9.17) is 0 Å². The van der Waals surface area contributed by atoms with Crippen LogP contribution in [0.3, 0.4) is 0 Å². The number of sulfonamides is 1. The highest BCUT2D eigenvalue weighted by molar-refractivity contribution is 7.89. The second-order valence-corrected chi connectivity index (χ2v) is 9.06. The van der Waals surface area contributed by atoms with Gasteiger partial charge in [-0.2, -0.15) is 4.31 Å². The van der Waals surface area contributed by atoms with Gasteiger partial charge in [0.05, 0.1) is 18.1 Å². The molecule has 0 amide bonds. The number of fused-ring (bicyclic) bond motifs is 4. The average Bonchev–Trinajstić information content (AvgIpc) is 3.26. The maximum Gasteiger partial charge on any atom is 0.262 e. The van der Waals surface area contributed by atoms with Gasteiger partial charge in [-0.1, -0.05) is 0 Å². The molecule has 0 unspecified atom stereocenters. The van der Waals surface area contributed by atoms with Gasteiger partial charge in [0, 0.05) is 43.0 Å². The molecule has 4 heterocycles. The van der Waals surface area contributed by atoms with E-state index in [9.17, 15) is 12.8 Å². The zero-order chi connectivity index (χ0) is 19.5. The molecule has 144 valence electrons. The van der Waals surface area contributed by atoms with E-state index in [1.54, 1.807) is 34.2 Å². The van der Waals surface area contributed by atoms with Gasteiger partial charge >= 0.3 is 0 Å². The van der Waals surface area contributed by atoms with Crippen molar-refractivity contribution in [2.24, 2.45) is 7.05 Å². The van der Waals surface area contributed by atoms with Crippen molar-refractivity contribution in [3.05, 3.63) is 60.1 Å². The quantitative estimate of drug-likeness (QED) is 0.676. The number of benzene rings is 1. The summed E-state index contributed by atoms with van der Waals surface area (Å²) in [7, 11) is -1.94. The standard InChI is InChI=1S/C19H18FN5O2S/c1-24-10-18(22-11-24)28(26,27)25-14-6-7-17(25)15-9-21-19(23-16(15)8-14)12-2-4-13(20)5-3-12/h2-5,9-11,14,17H,6-8H2,1H3/t14-,17+/m0/s1. The summed E-state index contributed by atoms with van der Waals surface area (Å²) in [5.41, 5.74) is 2.45. The van der Waals surface area contributed by atoms with Crippen LogP contribution < -0.4 is 0 Å². The molecule has 7 nitrogen and oxygen atoms in total. The van der Waals surface area contributed by atoms with Crippen LogP contribution in [0.4, 0.5) is 4.39 Å². The Morgan fingerprint density at radius 2 is 1.93 bits per heavy atom. The van der Waals surface area contributed by atoms with E-state index < -0.39 is 10.0 Å². The number of hydrogen-bond acceptors (Lipinski definition) is 5. The van der Waals surface area contributed by atoms with Crippen LogP contribution in [0.5, 0.6) is 0 Å². The minimum Gasteiger partial charge on any atom is -0.339 e. The van der Waals surface area contributed by atoms with Crippen LogP contribution in [-0.4, -0.2) is 38.3 Å². The molecule has 2 atom stereocenters. The summed E-state index contributed by atoms with van der Waals surface area (Å²) < 4.78 is 42.7. The zero-order valence-electron chi connectivity index (χ0n) is 15.2. The van der Waals surface area contributed by atoms with E-state index in [1.165, 1.54) is 24.7 Å². The molecule has 2 aliphatic heterocycles. The van der Waals surface area contributed by atoms with Gasteiger partial charge in [0.15, 0.2) is 10.9 Å². The molecule has 2 aromatic heterocycles. The lowest BCUT2D eigenvalue weighted by molar-refractivity contribution is 0.299. The SMILES string of the molecule is Cn1cnc(S(=O)(=O)N2[C@H]3CC[C@@H]2c2cnc(-c4ccc(F)cc4)nc2C3)c1. The summed E-state index contributed by atoms with van der Waals surface area (Å²) >= 11 is 0. The molecule has 0 radical (unpaired) electrons. The maximum absolute atomic E-state index is 13.2. The van der Waals surface area contributed by atoms with Crippen molar-refractivity contribution in [2.75, 3.05) is 0 Å². The molecule has 0 aliphatic carbocycles. The molecule has 0 spiro atoms. The lowest BCUT2D eigenvalue weighted by Crippen LogP contribution is -2.42. The number of hydrogen-bond donors (Lipinski definition) is 0. The van der Waals surface area contributed by atoms with E-state index in [1.807, 2.05) is 0 Å². The first-order valence-corrected chi connectivity index (χ1v) is 10.5. The van der Waals surface area contributed by atoms with Gasteiger partial charge in [0.1, 0.15) is 5.82 Å². The van der Waals surface area contributed by atoms with Crippen molar-refractivity contribution >= 4 is 10.0 Å². The van der Waals surface area contributed by atoms with Gasteiger partial charge in [-0.25, -0.2) is 27.8 Å². The predicted molar refractivity (Wildman–Crippen MR) is 99.1 cm³/mol. The average molecular weight is 399 g/mol. The Morgan fingerprint density at radius 3 is 2.64 bits per heavy atom. The van der Waals surface area contributed by atoms with Crippen LogP contribution in [0.2, 0.25) is 0 Å². The van der Waals surface area contributed by atoms with Gasteiger partial charge in [-0.05, 0) is 37.1 Å². The van der Waals surface area contributed by atoms with Gasteiger partial charge in [-0.15, -0.1) is 0 Å². The molecule has 1 aromatic carbocycles. The third-order valence-electron chi connectivity index (χ3n) is 5.45. The summed E-state index contributed by atoms with van der Waals surface area (Å²) in [5.74, 6) is 0.217. The molecular formula is C19H18FN5O2S. The summed E-state index contributed by atoms with van der Waals surface area (Å²) in [5, 5.41) is 0.0687. The first-order chi connectivity index (χ1) is 13.4. The van der Waals surface area contributed by atoms with Crippen molar-refractivity contribution < 1.29 is 12.8 Å². The predicted octanol–water partition coefficient (Wildman–Crippen LogP) is 2.47. The minimum absolute atomic E-state index is 0.0687. The van der Waals surface area contributed by atoms with Crippen molar-refractivity contribution in [3.8, 4) is 11.4 Å². The lowest BCUT2D eigenvalue weighted by Gasteiger charge is -2.34. The van der Waals surface area contributed by atoms with Crippen molar-refractivity contribution in [3.63, 3.8) is 0 Å². The second-order valence-electron chi connectivity index (χ2n) is 7.27. The fourth-order valence-corrected chi connectivity index (χ4v) is 5.99. The highest BCUT2D eigenvalue weighted by atomic mass is 32.2. The number of nitrogens with zero attached hydrogens (tertiary/aromatic N) is 5. The molecule has 2 bridgehead atoms. The van der Waals surface area contributed by atoms with Crippen LogP contribution in [0.25, 0.3) is 11.4 Å². The van der Waals surface area contributed by atoms with Crippen LogP contribution in [-0.2, 0) is 23.5 Å². The molecular weight excluding hydrogens is 381 g/mol. The Hall–Kier alpha value is -2.65. The van der Waals surface area contributed by atoms with Crippen LogP contribution in [0.15, 0.2) is 48.0 Å². The smallest absolute Gasteiger partial charge is 0.262 e. The van der Waals surface area contributed by atoms with Gasteiger partial charge in [0.2, 0.25) is 0 Å². The summed E-state index contributed by atoms with van der Waals surface area (Å²) in [4.78, 5) is 13.1. The van der Waals surface area contributed by atoms with E-state index in [0.717, 1.165) is 29.7 Å². The Balaban J connectivity index is 1.53. The summed E-state index contributed by atoms with van der Waals surface area (Å²) in [6.07, 6.45) is 6.79. The number of aromatic nitrogens is 4. The molecule has 1 fully saturated rings. The Bertz CT molecular complexity index is 1160. The summed E-state index contributed by atoms with van der Waals surface area (Å²) in [6.45, 7) is 0. The molecule has 28 heavy (non-hydrogen) atoms. The molecule has 2 aliphatic rings. The monoisotopic (exact) mass is 399 g/mol. The normalized spacial score (nSPS) is 21.6. The third-order valence-corrected chi connectivity index (χ3v) is 7.30. The van der Waals surface area contributed by atoms with E-state index in [2.05, 4.69) is 15.0 Å². The van der Waals surface area contributed by atoms with E-state index >= 15 is 0 Å². The highest BCUT2D eigenvalue weighted by Gasteiger charge is 2.48. The topological polar surface area (TPSA) is 81.0 Å². The Kier molecular flexibility index (Phi) is 3.85. The molecule has 0 saturated carbocycles. The first-order valence-electron chi connectivity index (χ1n) is 9.07. The molecule has 9 heteroatoms. The fraction of sp³-hybridized carbons (Fsp3) is 0.316. The first kappa shape index (κ1) is 17.4. The van der Waals surface area contributed by atoms with Crippen molar-refractivity contribution in [1.82, 2.24) is 23.8 Å². The molecule has 5 rings (SSSR count). The molecule has 3 aromatic rings. The molecule has 1 saturated heterocycles. The minimum atomic E-state index is -3.68. The van der Waals surface area contributed by atoms with Crippen molar-refractivity contribution in [1.29, 1.82) is 0 Å². The fourth-order valence-electron chi connectivity index (χ4n) is 4.17. The van der Waals surface area contributed by atoms with Gasteiger partial charge < -0.3 is 4.57 Å². The number of rotatable bonds is 3. The van der Waals surface area contributed by atoms with Crippen LogP contribution in [0.1, 0.15) is 30.1 Å². The second kappa shape index (κ2) is 6.18. The third kappa shape index (κ3) is 2.65. The Labute approximate surface area is 161 Å². The number of halogens is 1. The highest BCUT2D eigenvalue weighted by Crippen LogP contribution is 2.46. The Morgan fingerprint density at radius 1 is 1.14 bits per heavy atom. The zero-order valence-corrected chi connectivity index (χ0v) is 16.0. The summed E-state index contributed by atoms with van der Waals surface area (Å²) in [6, 6.07) is 5.63.